The number of pyridine rings is 1. The molecule has 3 aromatic rings. The van der Waals surface area contributed by atoms with Crippen molar-refractivity contribution in [2.24, 2.45) is 0 Å². The Morgan fingerprint density at radius 2 is 2.00 bits per heavy atom. The highest BCUT2D eigenvalue weighted by Crippen LogP contribution is 2.29. The third kappa shape index (κ3) is 4.34. The van der Waals surface area contributed by atoms with Crippen molar-refractivity contribution < 1.29 is 4.79 Å². The van der Waals surface area contributed by atoms with Crippen molar-refractivity contribution >= 4 is 11.6 Å². The number of amides is 1. The van der Waals surface area contributed by atoms with E-state index in [0.29, 0.717) is 24.1 Å². The Bertz CT molecular complexity index is 1040. The molecule has 0 radical (unpaired) electrons. The van der Waals surface area contributed by atoms with Crippen LogP contribution in [0.3, 0.4) is 0 Å². The lowest BCUT2D eigenvalue weighted by atomic mass is 10.0. The summed E-state index contributed by atoms with van der Waals surface area (Å²) < 4.78 is 0. The highest BCUT2D eigenvalue weighted by molar-refractivity contribution is 5.96. The lowest BCUT2D eigenvalue weighted by molar-refractivity contribution is 0.0954. The Morgan fingerprint density at radius 1 is 1.14 bits per heavy atom. The predicted octanol–water partition coefficient (Wildman–Crippen LogP) is 2.40. The molecule has 0 spiro atoms. The minimum atomic E-state index is -0.247. The number of nitrogens with one attached hydrogen (secondary N) is 2. The van der Waals surface area contributed by atoms with E-state index in [0.717, 1.165) is 42.7 Å². The summed E-state index contributed by atoms with van der Waals surface area (Å²) in [7, 11) is 0. The summed E-state index contributed by atoms with van der Waals surface area (Å²) >= 11 is 0. The maximum Gasteiger partial charge on any atom is 0.274 e. The second-order valence-electron chi connectivity index (χ2n) is 7.10. The fraction of sp³-hybridized carbons (Fsp3) is 0.273. The number of H-pyrrole nitrogens is 1. The lowest BCUT2D eigenvalue weighted by Gasteiger charge is -2.20. The number of benzene rings is 1. The Kier molecular flexibility index (Phi) is 5.65. The van der Waals surface area contributed by atoms with Gasteiger partial charge < -0.3 is 10.2 Å². The van der Waals surface area contributed by atoms with Gasteiger partial charge in [0, 0.05) is 37.6 Å². The van der Waals surface area contributed by atoms with E-state index in [1.165, 1.54) is 0 Å². The minimum Gasteiger partial charge on any atom is -0.370 e. The molecule has 4 rings (SSSR count). The zero-order valence-electron chi connectivity index (χ0n) is 16.1. The van der Waals surface area contributed by atoms with Gasteiger partial charge >= 0.3 is 0 Å². The van der Waals surface area contributed by atoms with Gasteiger partial charge in [0.05, 0.1) is 17.4 Å². The molecule has 2 aromatic heterocycles. The van der Waals surface area contributed by atoms with Crippen molar-refractivity contribution in [2.45, 2.75) is 19.3 Å². The average molecular weight is 389 g/mol. The summed E-state index contributed by atoms with van der Waals surface area (Å²) in [5, 5.41) is 9.44. The van der Waals surface area contributed by atoms with Gasteiger partial charge in [0.1, 0.15) is 0 Å². The number of aromatic nitrogens is 3. The van der Waals surface area contributed by atoms with Gasteiger partial charge in [0.2, 0.25) is 0 Å². The van der Waals surface area contributed by atoms with Gasteiger partial charge in [0.15, 0.2) is 0 Å². The molecular weight excluding hydrogens is 366 g/mol. The second-order valence-corrected chi connectivity index (χ2v) is 7.10. The third-order valence-corrected chi connectivity index (χ3v) is 5.12. The molecule has 1 aromatic carbocycles. The molecule has 148 valence electrons. The van der Waals surface area contributed by atoms with E-state index in [9.17, 15) is 9.59 Å². The molecule has 0 aliphatic carbocycles. The van der Waals surface area contributed by atoms with Crippen LogP contribution < -0.4 is 15.8 Å². The van der Waals surface area contributed by atoms with Crippen molar-refractivity contribution in [1.82, 2.24) is 20.5 Å². The first kappa shape index (κ1) is 18.9. The molecule has 7 nitrogen and oxygen atoms in total. The van der Waals surface area contributed by atoms with Crippen molar-refractivity contribution in [2.75, 3.05) is 24.5 Å². The van der Waals surface area contributed by atoms with Crippen molar-refractivity contribution in [3.63, 3.8) is 0 Å². The quantitative estimate of drug-likeness (QED) is 0.676. The van der Waals surface area contributed by atoms with Gasteiger partial charge in [-0.1, -0.05) is 18.2 Å². The Morgan fingerprint density at radius 3 is 2.79 bits per heavy atom. The summed E-state index contributed by atoms with van der Waals surface area (Å²) in [6, 6.07) is 11.0. The number of rotatable bonds is 6. The topological polar surface area (TPSA) is 91.0 Å². The van der Waals surface area contributed by atoms with Gasteiger partial charge in [-0.2, -0.15) is 5.10 Å². The fourth-order valence-corrected chi connectivity index (χ4v) is 3.65. The van der Waals surface area contributed by atoms with Crippen molar-refractivity contribution in [3.05, 3.63) is 76.5 Å². The minimum absolute atomic E-state index is 0.163. The zero-order valence-corrected chi connectivity index (χ0v) is 16.1. The lowest BCUT2D eigenvalue weighted by Crippen LogP contribution is -2.26. The summed E-state index contributed by atoms with van der Waals surface area (Å²) in [6.45, 7) is 2.34. The first-order valence-electron chi connectivity index (χ1n) is 9.82. The highest BCUT2D eigenvalue weighted by Gasteiger charge is 2.20. The van der Waals surface area contributed by atoms with Gasteiger partial charge in [-0.3, -0.25) is 14.6 Å². The van der Waals surface area contributed by atoms with Crippen LogP contribution in [-0.4, -0.2) is 40.7 Å². The molecule has 0 unspecified atom stereocenters. The summed E-state index contributed by atoms with van der Waals surface area (Å²) in [5.74, 6) is -0.163. The van der Waals surface area contributed by atoms with E-state index in [-0.39, 0.29) is 11.5 Å². The smallest absolute Gasteiger partial charge is 0.274 e. The van der Waals surface area contributed by atoms with Crippen LogP contribution in [0.4, 0.5) is 5.69 Å². The fourth-order valence-electron chi connectivity index (χ4n) is 3.65. The second kappa shape index (κ2) is 8.68. The molecule has 7 heteroatoms. The molecule has 1 saturated heterocycles. The summed E-state index contributed by atoms with van der Waals surface area (Å²) in [4.78, 5) is 31.4. The number of aromatic amines is 1. The van der Waals surface area contributed by atoms with Gasteiger partial charge in [0.25, 0.3) is 11.5 Å². The number of carbonyl (C=O) groups excluding carboxylic acids is 1. The van der Waals surface area contributed by atoms with Crippen LogP contribution in [-0.2, 0) is 6.42 Å². The standard InChI is InChI=1S/C22H23N5O2/c28-21(24-10-8-16-5-4-9-23-14-16)18-7-3-6-17(13-18)20-19(15-25-26-22(20)29)27-11-1-2-12-27/h3-7,9,13-15H,1-2,8,10-12H2,(H,24,28)(H,26,29). The van der Waals surface area contributed by atoms with Crippen LogP contribution >= 0.6 is 0 Å². The van der Waals surface area contributed by atoms with Crippen LogP contribution in [0.5, 0.6) is 0 Å². The Labute approximate surface area is 168 Å². The molecule has 2 N–H and O–H groups in total. The summed E-state index contributed by atoms with van der Waals surface area (Å²) in [6.07, 6.45) is 8.13. The van der Waals surface area contributed by atoms with Crippen molar-refractivity contribution in [3.8, 4) is 11.1 Å². The normalized spacial score (nSPS) is 13.4. The van der Waals surface area contributed by atoms with Crippen LogP contribution in [0.2, 0.25) is 0 Å². The molecule has 0 bridgehead atoms. The largest absolute Gasteiger partial charge is 0.370 e. The molecular formula is C22H23N5O2. The molecule has 1 aliphatic rings. The van der Waals surface area contributed by atoms with Gasteiger partial charge in [-0.05, 0) is 48.6 Å². The Balaban J connectivity index is 1.53. The van der Waals surface area contributed by atoms with E-state index in [4.69, 9.17) is 0 Å². The van der Waals surface area contributed by atoms with E-state index in [1.807, 2.05) is 18.2 Å². The summed E-state index contributed by atoms with van der Waals surface area (Å²) in [5.41, 5.74) is 3.45. The van der Waals surface area contributed by atoms with E-state index in [2.05, 4.69) is 25.4 Å². The van der Waals surface area contributed by atoms with Crippen LogP contribution in [0.1, 0.15) is 28.8 Å². The molecule has 0 saturated carbocycles. The van der Waals surface area contributed by atoms with Crippen LogP contribution in [0.25, 0.3) is 11.1 Å². The van der Waals surface area contributed by atoms with Crippen LogP contribution in [0, 0.1) is 0 Å². The maximum atomic E-state index is 12.6. The van der Waals surface area contributed by atoms with Crippen molar-refractivity contribution in [1.29, 1.82) is 0 Å². The van der Waals surface area contributed by atoms with Gasteiger partial charge in [-0.15, -0.1) is 0 Å². The first-order valence-corrected chi connectivity index (χ1v) is 9.82. The number of nitrogens with zero attached hydrogens (tertiary/aromatic N) is 3. The number of carbonyl (C=O) groups is 1. The van der Waals surface area contributed by atoms with Crippen LogP contribution in [0.15, 0.2) is 59.8 Å². The highest BCUT2D eigenvalue weighted by atomic mass is 16.1. The number of hydrogen-bond donors (Lipinski definition) is 2. The molecule has 1 fully saturated rings. The molecule has 1 aliphatic heterocycles. The predicted molar refractivity (Wildman–Crippen MR) is 112 cm³/mol. The molecule has 3 heterocycles. The SMILES string of the molecule is O=C(NCCc1cccnc1)c1cccc(-c2c(N3CCCC3)cn[nH]c2=O)c1. The van der Waals surface area contributed by atoms with E-state index < -0.39 is 0 Å². The number of anilines is 1. The number of hydrogen-bond acceptors (Lipinski definition) is 5. The molecule has 1 amide bonds. The first-order chi connectivity index (χ1) is 14.2. The third-order valence-electron chi connectivity index (χ3n) is 5.12. The van der Waals surface area contributed by atoms with E-state index >= 15 is 0 Å². The zero-order chi connectivity index (χ0) is 20.1. The monoisotopic (exact) mass is 389 g/mol. The van der Waals surface area contributed by atoms with Gasteiger partial charge in [-0.25, -0.2) is 5.10 Å². The molecule has 29 heavy (non-hydrogen) atoms. The van der Waals surface area contributed by atoms with E-state index in [1.54, 1.807) is 36.8 Å². The maximum absolute atomic E-state index is 12.6. The molecule has 0 atom stereocenters. The average Bonchev–Trinajstić information content (AvgIpc) is 3.29. The Hall–Kier alpha value is -3.48.